The van der Waals surface area contributed by atoms with Crippen molar-refractivity contribution in [1.29, 1.82) is 0 Å². The number of hydrogen-bond acceptors (Lipinski definition) is 2. The Bertz CT molecular complexity index is 1120. The molecule has 0 spiro atoms. The molecule has 2 N–H and O–H groups in total. The van der Waals surface area contributed by atoms with Crippen LogP contribution in [-0.4, -0.2) is 29.0 Å². The van der Waals surface area contributed by atoms with Gasteiger partial charge in [0.25, 0.3) is 5.91 Å². The molecule has 4 nitrogen and oxygen atoms in total. The SMILES string of the molecule is C[N+]1(C(C(N)=O)c2ccccc2)CCc2ncccc2C1CCc1ccc(C(F)(F)F)cc1. The summed E-state index contributed by atoms with van der Waals surface area (Å²) in [5.41, 5.74) is 9.05. The van der Waals surface area contributed by atoms with Crippen molar-refractivity contribution in [2.24, 2.45) is 5.73 Å². The van der Waals surface area contributed by atoms with Gasteiger partial charge in [-0.05, 0) is 36.2 Å². The minimum Gasteiger partial charge on any atom is -0.364 e. The first-order valence-electron chi connectivity index (χ1n) is 11.0. The molecule has 1 amide bonds. The predicted octanol–water partition coefficient (Wildman–Crippen LogP) is 5.00. The van der Waals surface area contributed by atoms with E-state index in [0.717, 1.165) is 40.9 Å². The minimum absolute atomic E-state index is 0.0811. The van der Waals surface area contributed by atoms with Crippen molar-refractivity contribution in [3.8, 4) is 0 Å². The van der Waals surface area contributed by atoms with Gasteiger partial charge < -0.3 is 10.2 Å². The quantitative estimate of drug-likeness (QED) is 0.533. The first-order valence-corrected chi connectivity index (χ1v) is 11.0. The molecular weight excluding hydrogens is 427 g/mol. The van der Waals surface area contributed by atoms with E-state index in [0.29, 0.717) is 23.9 Å². The van der Waals surface area contributed by atoms with Gasteiger partial charge in [0.05, 0.1) is 24.8 Å². The molecule has 0 fully saturated rings. The number of aromatic nitrogens is 1. The van der Waals surface area contributed by atoms with Crippen molar-refractivity contribution in [3.63, 3.8) is 0 Å². The number of nitrogens with zero attached hydrogens (tertiary/aromatic N) is 2. The molecule has 2 aromatic carbocycles. The molecule has 3 atom stereocenters. The van der Waals surface area contributed by atoms with Crippen LogP contribution in [0.3, 0.4) is 0 Å². The molecule has 0 saturated carbocycles. The lowest BCUT2D eigenvalue weighted by molar-refractivity contribution is -0.961. The maximum atomic E-state index is 12.9. The standard InChI is InChI=1S/C26H26F3N3O/c1-32(24(25(30)33)19-6-3-2-4-7-19)17-15-22-21(8-5-16-31-22)23(32)14-11-18-9-12-20(13-10-18)26(27,28)29/h2-10,12-13,16,23-24H,11,14-15,17H2,1H3,(H-,30,33)/p+1. The molecule has 33 heavy (non-hydrogen) atoms. The van der Waals surface area contributed by atoms with E-state index >= 15 is 0 Å². The fourth-order valence-corrected chi connectivity index (χ4v) is 5.14. The average molecular weight is 455 g/mol. The van der Waals surface area contributed by atoms with Crippen molar-refractivity contribution in [1.82, 2.24) is 4.98 Å². The van der Waals surface area contributed by atoms with E-state index in [1.807, 2.05) is 42.5 Å². The molecule has 2 heterocycles. The van der Waals surface area contributed by atoms with E-state index < -0.39 is 23.7 Å². The van der Waals surface area contributed by atoms with Crippen LogP contribution in [-0.2, 0) is 23.8 Å². The molecule has 0 aliphatic carbocycles. The predicted molar refractivity (Wildman–Crippen MR) is 120 cm³/mol. The molecule has 1 aliphatic heterocycles. The second-order valence-electron chi connectivity index (χ2n) is 8.82. The number of alkyl halides is 3. The Balaban J connectivity index is 1.69. The number of benzene rings is 2. The smallest absolute Gasteiger partial charge is 0.364 e. The molecule has 0 radical (unpaired) electrons. The Labute approximate surface area is 191 Å². The van der Waals surface area contributed by atoms with E-state index in [1.165, 1.54) is 12.1 Å². The number of hydrogen-bond donors (Lipinski definition) is 1. The fraction of sp³-hybridized carbons (Fsp3) is 0.308. The second-order valence-corrected chi connectivity index (χ2v) is 8.82. The van der Waals surface area contributed by atoms with Crippen LogP contribution in [0.15, 0.2) is 72.9 Å². The zero-order chi connectivity index (χ0) is 23.6. The van der Waals surface area contributed by atoms with E-state index in [1.54, 1.807) is 6.20 Å². The van der Waals surface area contributed by atoms with Gasteiger partial charge in [0.15, 0.2) is 6.04 Å². The van der Waals surface area contributed by atoms with Gasteiger partial charge in [0, 0.05) is 30.2 Å². The lowest BCUT2D eigenvalue weighted by atomic mass is 9.86. The molecule has 1 aromatic heterocycles. The van der Waals surface area contributed by atoms with Crippen LogP contribution in [0.4, 0.5) is 13.2 Å². The number of fused-ring (bicyclic) bond motifs is 1. The lowest BCUT2D eigenvalue weighted by Crippen LogP contribution is -2.57. The molecule has 7 heteroatoms. The van der Waals surface area contributed by atoms with Crippen molar-refractivity contribution >= 4 is 5.91 Å². The van der Waals surface area contributed by atoms with Gasteiger partial charge >= 0.3 is 6.18 Å². The largest absolute Gasteiger partial charge is 0.416 e. The number of pyridine rings is 1. The molecule has 0 bridgehead atoms. The van der Waals surface area contributed by atoms with Gasteiger partial charge in [0.2, 0.25) is 0 Å². The van der Waals surface area contributed by atoms with Crippen LogP contribution >= 0.6 is 0 Å². The third-order valence-electron chi connectivity index (χ3n) is 6.79. The highest BCUT2D eigenvalue weighted by molar-refractivity contribution is 5.80. The molecule has 172 valence electrons. The minimum atomic E-state index is -4.35. The summed E-state index contributed by atoms with van der Waals surface area (Å²) in [6.07, 6.45) is -0.640. The van der Waals surface area contributed by atoms with E-state index in [-0.39, 0.29) is 6.04 Å². The van der Waals surface area contributed by atoms with E-state index in [9.17, 15) is 18.0 Å². The van der Waals surface area contributed by atoms with E-state index in [4.69, 9.17) is 5.73 Å². The number of halogens is 3. The first kappa shape index (κ1) is 23.0. The second kappa shape index (κ2) is 8.98. The number of nitrogens with two attached hydrogens (primary N) is 1. The van der Waals surface area contributed by atoms with Crippen molar-refractivity contribution in [2.75, 3.05) is 13.6 Å². The number of likely N-dealkylation sites (N-methyl/N-ethyl adjacent to an activating group) is 1. The summed E-state index contributed by atoms with van der Waals surface area (Å²) >= 11 is 0. The normalized spacial score (nSPS) is 21.3. The Morgan fingerprint density at radius 2 is 1.79 bits per heavy atom. The Kier molecular flexibility index (Phi) is 6.26. The first-order chi connectivity index (χ1) is 15.7. The fourth-order valence-electron chi connectivity index (χ4n) is 5.14. The van der Waals surface area contributed by atoms with Crippen molar-refractivity contribution in [2.45, 2.75) is 37.5 Å². The third-order valence-corrected chi connectivity index (χ3v) is 6.79. The molecule has 1 aliphatic rings. The van der Waals surface area contributed by atoms with Gasteiger partial charge in [-0.2, -0.15) is 13.2 Å². The summed E-state index contributed by atoms with van der Waals surface area (Å²) < 4.78 is 39.2. The molecule has 0 saturated heterocycles. The maximum Gasteiger partial charge on any atom is 0.416 e. The number of carbonyl (C=O) groups is 1. The summed E-state index contributed by atoms with van der Waals surface area (Å²) in [5, 5.41) is 0. The maximum absolute atomic E-state index is 12.9. The van der Waals surface area contributed by atoms with Crippen LogP contribution in [0.25, 0.3) is 0 Å². The highest BCUT2D eigenvalue weighted by Crippen LogP contribution is 2.44. The Morgan fingerprint density at radius 1 is 1.09 bits per heavy atom. The van der Waals surface area contributed by atoms with Gasteiger partial charge in [0.1, 0.15) is 6.04 Å². The Morgan fingerprint density at radius 3 is 2.42 bits per heavy atom. The summed E-state index contributed by atoms with van der Waals surface area (Å²) in [7, 11) is 2.05. The number of primary amides is 1. The van der Waals surface area contributed by atoms with Crippen LogP contribution in [0.5, 0.6) is 0 Å². The molecular formula is C26H27F3N3O+. The summed E-state index contributed by atoms with van der Waals surface area (Å²) in [5.74, 6) is -0.393. The summed E-state index contributed by atoms with van der Waals surface area (Å²) in [4.78, 5) is 17.3. The van der Waals surface area contributed by atoms with Crippen molar-refractivity contribution in [3.05, 3.63) is 101 Å². The molecule has 4 rings (SSSR count). The van der Waals surface area contributed by atoms with E-state index in [2.05, 4.69) is 12.0 Å². The third kappa shape index (κ3) is 4.64. The number of aryl methyl sites for hydroxylation is 1. The topological polar surface area (TPSA) is 56.0 Å². The lowest BCUT2D eigenvalue weighted by Gasteiger charge is -2.49. The molecule has 3 unspecified atom stereocenters. The van der Waals surface area contributed by atoms with Crippen LogP contribution in [0.2, 0.25) is 0 Å². The van der Waals surface area contributed by atoms with Crippen LogP contribution < -0.4 is 5.73 Å². The van der Waals surface area contributed by atoms with Gasteiger partial charge in [-0.25, -0.2) is 0 Å². The monoisotopic (exact) mass is 454 g/mol. The number of quaternary nitrogens is 1. The number of amides is 1. The zero-order valence-corrected chi connectivity index (χ0v) is 18.4. The van der Waals surface area contributed by atoms with Crippen LogP contribution in [0.1, 0.15) is 46.5 Å². The van der Waals surface area contributed by atoms with Gasteiger partial charge in [-0.15, -0.1) is 0 Å². The molecule has 3 aromatic rings. The van der Waals surface area contributed by atoms with Crippen molar-refractivity contribution < 1.29 is 22.4 Å². The zero-order valence-electron chi connectivity index (χ0n) is 18.4. The van der Waals surface area contributed by atoms with Crippen LogP contribution in [0, 0.1) is 0 Å². The number of rotatable bonds is 6. The van der Waals surface area contributed by atoms with Gasteiger partial charge in [-0.3, -0.25) is 9.78 Å². The number of carbonyl (C=O) groups excluding carboxylic acids is 1. The van der Waals surface area contributed by atoms with Gasteiger partial charge in [-0.1, -0.05) is 42.5 Å². The Hall–Kier alpha value is -3.19. The average Bonchev–Trinajstić information content (AvgIpc) is 2.78. The highest BCUT2D eigenvalue weighted by Gasteiger charge is 2.47. The summed E-state index contributed by atoms with van der Waals surface area (Å²) in [6, 6.07) is 18.1. The highest BCUT2D eigenvalue weighted by atomic mass is 19.4. The summed E-state index contributed by atoms with van der Waals surface area (Å²) in [6.45, 7) is 0.685.